The van der Waals surface area contributed by atoms with Crippen molar-refractivity contribution < 1.29 is 9.22 Å². The van der Waals surface area contributed by atoms with Gasteiger partial charge in [-0.3, -0.25) is 4.79 Å². The van der Waals surface area contributed by atoms with Crippen LogP contribution in [-0.2, 0) is 15.6 Å². The third-order valence-electron chi connectivity index (χ3n) is 6.03. The Bertz CT molecular complexity index is 610. The van der Waals surface area contributed by atoms with Crippen molar-refractivity contribution in [2.24, 2.45) is 5.92 Å². The number of Topliss-reactive ketones (excluding diaryl/α,β-unsaturated/α-hetero) is 1. The van der Waals surface area contributed by atoms with E-state index in [9.17, 15) is 4.79 Å². The average Bonchev–Trinajstić information content (AvgIpc) is 3.31. The number of benzene rings is 1. The Labute approximate surface area is 166 Å². The van der Waals surface area contributed by atoms with Crippen LogP contribution < -0.4 is 10.6 Å². The Kier molecular flexibility index (Phi) is 7.42. The highest BCUT2D eigenvalue weighted by atomic mass is 28.4. The number of carbonyl (C=O) groups excluding carboxylic acids is 1. The second-order valence-corrected chi connectivity index (χ2v) is 14.5. The molecule has 1 aliphatic rings. The summed E-state index contributed by atoms with van der Waals surface area (Å²) in [5, 5.41) is 7.24. The molecule has 0 saturated carbocycles. The fourth-order valence-corrected chi connectivity index (χ4v) is 4.01. The number of carbonyl (C=O) groups is 1. The van der Waals surface area contributed by atoms with Crippen molar-refractivity contribution in [2.45, 2.75) is 77.3 Å². The minimum atomic E-state index is -1.70. The van der Waals surface area contributed by atoms with Crippen molar-refractivity contribution >= 4 is 14.1 Å². The largest absolute Gasteiger partial charge is 0.415 e. The van der Waals surface area contributed by atoms with Crippen LogP contribution in [-0.4, -0.2) is 45.4 Å². The smallest absolute Gasteiger partial charge is 0.192 e. The fraction of sp³-hybridized carbons (Fsp3) is 0.682. The number of ketones is 1. The molecule has 0 radical (unpaired) electrons. The van der Waals surface area contributed by atoms with Crippen molar-refractivity contribution in [3.8, 4) is 0 Å². The molecule has 1 saturated heterocycles. The van der Waals surface area contributed by atoms with Crippen molar-refractivity contribution in [3.05, 3.63) is 35.9 Å². The van der Waals surface area contributed by atoms with Gasteiger partial charge in [0.15, 0.2) is 14.1 Å². The van der Waals surface area contributed by atoms with Crippen molar-refractivity contribution in [3.63, 3.8) is 0 Å². The SMILES string of the molecule is CC(C)[C@H](NC[C@H]1N[C@@H]1CO[Si](C)(C)C(C)(C)C)C(=O)Cc1ccccc1. The van der Waals surface area contributed by atoms with E-state index in [4.69, 9.17) is 4.43 Å². The first-order valence-corrected chi connectivity index (χ1v) is 13.1. The summed E-state index contributed by atoms with van der Waals surface area (Å²) in [7, 11) is -1.70. The Morgan fingerprint density at radius 3 is 2.37 bits per heavy atom. The van der Waals surface area contributed by atoms with Gasteiger partial charge in [0, 0.05) is 25.0 Å². The maximum atomic E-state index is 12.7. The molecular weight excluding hydrogens is 352 g/mol. The third kappa shape index (κ3) is 6.52. The Hall–Kier alpha value is -1.01. The van der Waals surface area contributed by atoms with E-state index in [1.54, 1.807) is 0 Å². The maximum absolute atomic E-state index is 12.7. The quantitative estimate of drug-likeness (QED) is 0.471. The lowest BCUT2D eigenvalue weighted by Crippen LogP contribution is -2.44. The molecule has 1 fully saturated rings. The number of hydrogen-bond acceptors (Lipinski definition) is 4. The van der Waals surface area contributed by atoms with Crippen molar-refractivity contribution in [1.82, 2.24) is 10.6 Å². The Morgan fingerprint density at radius 2 is 1.81 bits per heavy atom. The summed E-state index contributed by atoms with van der Waals surface area (Å²) < 4.78 is 6.31. The van der Waals surface area contributed by atoms with Gasteiger partial charge in [0.2, 0.25) is 0 Å². The molecule has 0 unspecified atom stereocenters. The lowest BCUT2D eigenvalue weighted by atomic mass is 9.95. The number of nitrogens with one attached hydrogen (secondary N) is 2. The molecule has 0 aromatic heterocycles. The molecule has 152 valence electrons. The van der Waals surface area contributed by atoms with Gasteiger partial charge in [-0.1, -0.05) is 65.0 Å². The fourth-order valence-electron chi connectivity index (χ4n) is 2.98. The van der Waals surface area contributed by atoms with Gasteiger partial charge in [0.05, 0.1) is 12.6 Å². The van der Waals surface area contributed by atoms with Gasteiger partial charge < -0.3 is 15.1 Å². The van der Waals surface area contributed by atoms with Gasteiger partial charge in [-0.15, -0.1) is 0 Å². The summed E-state index contributed by atoms with van der Waals surface area (Å²) in [6.07, 6.45) is 0.493. The highest BCUT2D eigenvalue weighted by Crippen LogP contribution is 2.37. The summed E-state index contributed by atoms with van der Waals surface area (Å²) >= 11 is 0. The number of rotatable bonds is 10. The van der Waals surface area contributed by atoms with Crippen LogP contribution in [0.2, 0.25) is 18.1 Å². The third-order valence-corrected chi connectivity index (χ3v) is 10.5. The van der Waals surface area contributed by atoms with E-state index >= 15 is 0 Å². The lowest BCUT2D eigenvalue weighted by molar-refractivity contribution is -0.121. The molecule has 4 nitrogen and oxygen atoms in total. The van der Waals surface area contributed by atoms with E-state index in [-0.39, 0.29) is 22.8 Å². The zero-order valence-electron chi connectivity index (χ0n) is 18.1. The van der Waals surface area contributed by atoms with Crippen LogP contribution in [0.1, 0.15) is 40.2 Å². The molecular formula is C22H38N2O2Si. The van der Waals surface area contributed by atoms with Crippen LogP contribution >= 0.6 is 0 Å². The maximum Gasteiger partial charge on any atom is 0.192 e. The van der Waals surface area contributed by atoms with Crippen LogP contribution in [0.4, 0.5) is 0 Å². The topological polar surface area (TPSA) is 60.3 Å². The summed E-state index contributed by atoms with van der Waals surface area (Å²) in [4.78, 5) is 12.7. The molecule has 2 N–H and O–H groups in total. The van der Waals surface area contributed by atoms with Gasteiger partial charge in [-0.25, -0.2) is 0 Å². The van der Waals surface area contributed by atoms with Crippen molar-refractivity contribution in [2.75, 3.05) is 13.2 Å². The van der Waals surface area contributed by atoms with Gasteiger partial charge in [0.25, 0.3) is 0 Å². The van der Waals surface area contributed by atoms with Crippen LogP contribution in [0.25, 0.3) is 0 Å². The van der Waals surface area contributed by atoms with Gasteiger partial charge in [-0.2, -0.15) is 0 Å². The molecule has 1 aromatic carbocycles. The van der Waals surface area contributed by atoms with Crippen LogP contribution in [0.15, 0.2) is 30.3 Å². The lowest BCUT2D eigenvalue weighted by Gasteiger charge is -2.36. The zero-order valence-corrected chi connectivity index (χ0v) is 19.1. The molecule has 0 bridgehead atoms. The van der Waals surface area contributed by atoms with E-state index in [2.05, 4.69) is 58.3 Å². The predicted molar refractivity (Wildman–Crippen MR) is 116 cm³/mol. The molecule has 1 aliphatic heterocycles. The van der Waals surface area contributed by atoms with Gasteiger partial charge in [-0.05, 0) is 29.6 Å². The average molecular weight is 391 g/mol. The number of hydrogen-bond donors (Lipinski definition) is 2. The van der Waals surface area contributed by atoms with E-state index in [1.165, 1.54) is 0 Å². The Balaban J connectivity index is 1.78. The molecule has 3 atom stereocenters. The van der Waals surface area contributed by atoms with E-state index in [1.807, 2.05) is 30.3 Å². The predicted octanol–water partition coefficient (Wildman–Crippen LogP) is 3.77. The minimum Gasteiger partial charge on any atom is -0.415 e. The second kappa shape index (κ2) is 8.99. The summed E-state index contributed by atoms with van der Waals surface area (Å²) in [6, 6.07) is 10.7. The second-order valence-electron chi connectivity index (χ2n) is 9.71. The first-order chi connectivity index (χ1) is 12.5. The first-order valence-electron chi connectivity index (χ1n) is 10.2. The van der Waals surface area contributed by atoms with Gasteiger partial charge >= 0.3 is 0 Å². The molecule has 5 heteroatoms. The van der Waals surface area contributed by atoms with Gasteiger partial charge in [0.1, 0.15) is 0 Å². The molecule has 27 heavy (non-hydrogen) atoms. The monoisotopic (exact) mass is 390 g/mol. The summed E-state index contributed by atoms with van der Waals surface area (Å²) in [6.45, 7) is 17.2. The standard InChI is InChI=1S/C22H38N2O2Si/c1-16(2)21(20(25)13-17-11-9-8-10-12-17)23-14-18-19(24-18)15-26-27(6,7)22(3,4)5/h8-12,16,18-19,21,23-24H,13-15H2,1-7H3/t18-,19-,21+/m1/s1. The molecule has 0 amide bonds. The highest BCUT2D eigenvalue weighted by Gasteiger charge is 2.42. The molecule has 0 aliphatic carbocycles. The summed E-state index contributed by atoms with van der Waals surface area (Å²) in [5.41, 5.74) is 1.08. The van der Waals surface area contributed by atoms with Crippen LogP contribution in [0.3, 0.4) is 0 Å². The van der Waals surface area contributed by atoms with E-state index in [0.717, 1.165) is 18.7 Å². The summed E-state index contributed by atoms with van der Waals surface area (Å²) in [5.74, 6) is 0.549. The Morgan fingerprint density at radius 1 is 1.19 bits per heavy atom. The highest BCUT2D eigenvalue weighted by molar-refractivity contribution is 6.74. The molecule has 2 rings (SSSR count). The normalized spacial score (nSPS) is 21.3. The molecule has 1 aromatic rings. The molecule has 0 spiro atoms. The van der Waals surface area contributed by atoms with Crippen LogP contribution in [0, 0.1) is 5.92 Å². The molecule has 1 heterocycles. The van der Waals surface area contributed by atoms with E-state index < -0.39 is 8.32 Å². The minimum absolute atomic E-state index is 0.102. The van der Waals surface area contributed by atoms with E-state index in [0.29, 0.717) is 18.5 Å². The first kappa shape index (κ1) is 22.3. The van der Waals surface area contributed by atoms with Crippen molar-refractivity contribution in [1.29, 1.82) is 0 Å². The zero-order chi connectivity index (χ0) is 20.2. The van der Waals surface area contributed by atoms with Crippen LogP contribution in [0.5, 0.6) is 0 Å².